The Labute approximate surface area is 210 Å². The van der Waals surface area contributed by atoms with Crippen molar-refractivity contribution in [2.45, 2.75) is 154 Å². The van der Waals surface area contributed by atoms with Gasteiger partial charge in [-0.05, 0) is 23.7 Å². The van der Waals surface area contributed by atoms with E-state index in [1.54, 1.807) is 65.6 Å². The third kappa shape index (κ3) is 13.7. The minimum absolute atomic E-state index is 0.568. The first kappa shape index (κ1) is 29.4. The molecule has 0 bridgehead atoms. The molecule has 0 saturated heterocycles. The Bertz CT molecular complexity index is 324. The summed E-state index contributed by atoms with van der Waals surface area (Å²) >= 11 is 0. The molecule has 196 valence electrons. The zero-order valence-corrected chi connectivity index (χ0v) is 24.2. The van der Waals surface area contributed by atoms with Crippen molar-refractivity contribution in [3.63, 3.8) is 0 Å². The molecule has 0 spiro atoms. The average molecular weight is 481 g/mol. The molecular weight excluding hydrogens is 420 g/mol. The zero-order valence-electron chi connectivity index (χ0n) is 22.8. The monoisotopic (exact) mass is 480 g/mol. The van der Waals surface area contributed by atoms with Gasteiger partial charge in [-0.2, -0.15) is 0 Å². The fourth-order valence-corrected chi connectivity index (χ4v) is 7.48. The predicted octanol–water partition coefficient (Wildman–Crippen LogP) is 9.13. The van der Waals surface area contributed by atoms with Crippen LogP contribution in [0.5, 0.6) is 0 Å². The number of hydrogen-bond donors (Lipinski definition) is 0. The highest BCUT2D eigenvalue weighted by atomic mass is 28.3. The smallest absolute Gasteiger partial charge is 0.303 e. The molecule has 33 heavy (non-hydrogen) atoms. The predicted molar refractivity (Wildman–Crippen MR) is 147 cm³/mol. The van der Waals surface area contributed by atoms with Crippen molar-refractivity contribution in [3.8, 4) is 0 Å². The summed E-state index contributed by atoms with van der Waals surface area (Å²) in [5, 5.41) is 0. The van der Waals surface area contributed by atoms with E-state index in [0.717, 1.165) is 23.7 Å². The SMILES string of the molecule is C1CCCC(C2CCCCCC2)CC1.C1CCCC(C2CCCCCC2)CC1.CO[SiH2]OC. The molecule has 0 N–H and O–H groups in total. The quantitative estimate of drug-likeness (QED) is 0.295. The molecule has 0 aliphatic heterocycles. The molecule has 4 aliphatic carbocycles. The molecule has 4 saturated carbocycles. The Morgan fingerprint density at radius 1 is 0.333 bits per heavy atom. The summed E-state index contributed by atoms with van der Waals surface area (Å²) < 4.78 is 9.22. The van der Waals surface area contributed by atoms with E-state index in [-0.39, 0.29) is 0 Å². The van der Waals surface area contributed by atoms with Gasteiger partial charge in [0.05, 0.1) is 0 Å². The molecule has 2 nitrogen and oxygen atoms in total. The molecule has 4 aliphatic rings. The third-order valence-electron chi connectivity index (χ3n) is 9.17. The van der Waals surface area contributed by atoms with Gasteiger partial charge in [0, 0.05) is 14.2 Å². The van der Waals surface area contributed by atoms with E-state index in [4.69, 9.17) is 0 Å². The van der Waals surface area contributed by atoms with Gasteiger partial charge in [0.1, 0.15) is 0 Å². The van der Waals surface area contributed by atoms with Crippen molar-refractivity contribution in [1.29, 1.82) is 0 Å². The van der Waals surface area contributed by atoms with Crippen LogP contribution in [0, 0.1) is 23.7 Å². The summed E-state index contributed by atoms with van der Waals surface area (Å²) in [6, 6.07) is 0. The number of hydrogen-bond acceptors (Lipinski definition) is 2. The van der Waals surface area contributed by atoms with Gasteiger partial charge in [-0.1, -0.05) is 154 Å². The minimum atomic E-state index is -0.568. The van der Waals surface area contributed by atoms with E-state index in [1.807, 2.05) is 0 Å². The summed E-state index contributed by atoms with van der Waals surface area (Å²) in [5.41, 5.74) is 0. The van der Waals surface area contributed by atoms with Crippen LogP contribution in [-0.2, 0) is 8.85 Å². The maximum absolute atomic E-state index is 4.61. The van der Waals surface area contributed by atoms with E-state index in [9.17, 15) is 0 Å². The second kappa shape index (κ2) is 20.3. The van der Waals surface area contributed by atoms with Crippen LogP contribution in [0.3, 0.4) is 0 Å². The summed E-state index contributed by atoms with van der Waals surface area (Å²) in [6.07, 6.45) is 36.8. The van der Waals surface area contributed by atoms with E-state index >= 15 is 0 Å². The van der Waals surface area contributed by atoms with Crippen molar-refractivity contribution in [2.24, 2.45) is 23.7 Å². The standard InChI is InChI=1S/2C14H26.C2H8O2Si/c2*1-2-6-10-13(9-5-1)14-11-7-3-4-8-12-14;1-3-5-4-2/h2*13-14H,1-12H2;5H2,1-2H3. The van der Waals surface area contributed by atoms with Gasteiger partial charge in [-0.25, -0.2) is 0 Å². The zero-order chi connectivity index (χ0) is 23.4. The lowest BCUT2D eigenvalue weighted by atomic mass is 9.81. The summed E-state index contributed by atoms with van der Waals surface area (Å²) in [7, 11) is 2.73. The average Bonchev–Trinajstić information content (AvgIpc) is 3.45. The topological polar surface area (TPSA) is 18.5 Å². The van der Waals surface area contributed by atoms with Gasteiger partial charge in [0.2, 0.25) is 0 Å². The maximum atomic E-state index is 4.61. The molecule has 0 amide bonds. The summed E-state index contributed by atoms with van der Waals surface area (Å²) in [5.74, 6) is 4.48. The molecule has 4 fully saturated rings. The van der Waals surface area contributed by atoms with Crippen molar-refractivity contribution in [3.05, 3.63) is 0 Å². The summed E-state index contributed by atoms with van der Waals surface area (Å²) in [4.78, 5) is 0. The van der Waals surface area contributed by atoms with E-state index in [1.165, 1.54) is 103 Å². The van der Waals surface area contributed by atoms with Crippen LogP contribution in [-0.4, -0.2) is 24.2 Å². The Balaban J connectivity index is 0.000000195. The van der Waals surface area contributed by atoms with E-state index in [2.05, 4.69) is 8.85 Å². The van der Waals surface area contributed by atoms with Crippen LogP contribution in [0.1, 0.15) is 154 Å². The van der Waals surface area contributed by atoms with Gasteiger partial charge in [0.15, 0.2) is 0 Å². The second-order valence-corrected chi connectivity index (χ2v) is 13.1. The van der Waals surface area contributed by atoms with E-state index < -0.39 is 10.0 Å². The molecular formula is C30H60O2Si. The fraction of sp³-hybridized carbons (Fsp3) is 1.00. The Hall–Kier alpha value is 0.137. The van der Waals surface area contributed by atoms with Gasteiger partial charge in [-0.15, -0.1) is 0 Å². The Kier molecular flexibility index (Phi) is 18.1. The Morgan fingerprint density at radius 3 is 0.636 bits per heavy atom. The van der Waals surface area contributed by atoms with Crippen molar-refractivity contribution >= 4 is 10.0 Å². The lowest BCUT2D eigenvalue weighted by Gasteiger charge is -2.24. The molecule has 0 radical (unpaired) electrons. The van der Waals surface area contributed by atoms with Gasteiger partial charge >= 0.3 is 10.0 Å². The normalized spacial score (nSPS) is 25.3. The minimum Gasteiger partial charge on any atom is -0.402 e. The van der Waals surface area contributed by atoms with Crippen molar-refractivity contribution in [1.82, 2.24) is 0 Å². The second-order valence-electron chi connectivity index (χ2n) is 11.7. The fourth-order valence-electron chi connectivity index (χ4n) is 7.25. The summed E-state index contributed by atoms with van der Waals surface area (Å²) in [6.45, 7) is 0. The molecule has 0 atom stereocenters. The molecule has 3 heteroatoms. The highest BCUT2D eigenvalue weighted by Gasteiger charge is 2.24. The first-order valence-electron chi connectivity index (χ1n) is 15.3. The van der Waals surface area contributed by atoms with Crippen LogP contribution < -0.4 is 0 Å². The molecule has 4 rings (SSSR count). The van der Waals surface area contributed by atoms with Gasteiger partial charge in [-0.3, -0.25) is 0 Å². The molecule has 0 unspecified atom stereocenters. The largest absolute Gasteiger partial charge is 0.402 e. The lowest BCUT2D eigenvalue weighted by molar-refractivity contribution is 0.269. The first-order chi connectivity index (χ1) is 16.3. The van der Waals surface area contributed by atoms with E-state index in [0.29, 0.717) is 0 Å². The highest BCUT2D eigenvalue weighted by molar-refractivity contribution is 6.17. The third-order valence-corrected chi connectivity index (χ3v) is 9.64. The van der Waals surface area contributed by atoms with Crippen LogP contribution in [0.2, 0.25) is 0 Å². The van der Waals surface area contributed by atoms with Gasteiger partial charge < -0.3 is 8.85 Å². The number of rotatable bonds is 4. The lowest BCUT2D eigenvalue weighted by Crippen LogP contribution is -2.13. The van der Waals surface area contributed by atoms with Crippen LogP contribution in [0.4, 0.5) is 0 Å². The maximum Gasteiger partial charge on any atom is 0.303 e. The van der Waals surface area contributed by atoms with Crippen LogP contribution >= 0.6 is 0 Å². The van der Waals surface area contributed by atoms with Crippen LogP contribution in [0.25, 0.3) is 0 Å². The van der Waals surface area contributed by atoms with Gasteiger partial charge in [0.25, 0.3) is 0 Å². The van der Waals surface area contributed by atoms with Crippen molar-refractivity contribution < 1.29 is 8.85 Å². The molecule has 0 aromatic rings. The molecule has 0 aromatic heterocycles. The highest BCUT2D eigenvalue weighted by Crippen LogP contribution is 2.37. The van der Waals surface area contributed by atoms with Crippen LogP contribution in [0.15, 0.2) is 0 Å². The molecule has 0 aromatic carbocycles. The van der Waals surface area contributed by atoms with Crippen molar-refractivity contribution in [2.75, 3.05) is 14.2 Å². The molecule has 0 heterocycles. The Morgan fingerprint density at radius 2 is 0.515 bits per heavy atom. The first-order valence-corrected chi connectivity index (χ1v) is 16.5.